The zero-order valence-corrected chi connectivity index (χ0v) is 11.7. The molecule has 2 aromatic heterocycles. The van der Waals surface area contributed by atoms with Gasteiger partial charge in [0, 0.05) is 28.6 Å². The van der Waals surface area contributed by atoms with E-state index in [1.165, 1.54) is 28.0 Å². The van der Waals surface area contributed by atoms with Crippen molar-refractivity contribution >= 4 is 33.7 Å². The van der Waals surface area contributed by atoms with Gasteiger partial charge in [0.15, 0.2) is 5.13 Å². The number of carbonyl (C=O) groups excluding carboxylic acids is 1. The van der Waals surface area contributed by atoms with Crippen LogP contribution in [-0.2, 0) is 24.2 Å². The lowest BCUT2D eigenvalue weighted by molar-refractivity contribution is -0.114. The molecule has 0 unspecified atom stereocenters. The fraction of sp³-hybridized carbons (Fsp3) is 0.333. The number of rotatable bonds is 5. The van der Waals surface area contributed by atoms with Gasteiger partial charge in [0.2, 0.25) is 5.91 Å². The number of aryl methyl sites for hydroxylation is 2. The van der Waals surface area contributed by atoms with Crippen LogP contribution >= 0.6 is 22.7 Å². The van der Waals surface area contributed by atoms with Crippen LogP contribution in [-0.4, -0.2) is 10.9 Å². The SMILES string of the molecule is CC(=O)Nc1nc(CCc2ccc(CN)s2)cs1. The van der Waals surface area contributed by atoms with Crippen molar-refractivity contribution in [2.75, 3.05) is 5.32 Å². The third-order valence-corrected chi connectivity index (χ3v) is 4.35. The Morgan fingerprint density at radius 3 is 2.83 bits per heavy atom. The molecule has 3 N–H and O–H groups in total. The quantitative estimate of drug-likeness (QED) is 0.884. The van der Waals surface area contributed by atoms with Gasteiger partial charge in [-0.25, -0.2) is 4.98 Å². The van der Waals surface area contributed by atoms with Crippen LogP contribution in [0.3, 0.4) is 0 Å². The molecule has 0 bridgehead atoms. The van der Waals surface area contributed by atoms with Gasteiger partial charge in [-0.1, -0.05) is 0 Å². The minimum absolute atomic E-state index is 0.0817. The minimum atomic E-state index is -0.0817. The van der Waals surface area contributed by atoms with E-state index >= 15 is 0 Å². The molecule has 0 spiro atoms. The first-order valence-corrected chi connectivity index (χ1v) is 7.36. The summed E-state index contributed by atoms with van der Waals surface area (Å²) in [7, 11) is 0. The van der Waals surface area contributed by atoms with Gasteiger partial charge >= 0.3 is 0 Å². The highest BCUT2D eigenvalue weighted by atomic mass is 32.1. The highest BCUT2D eigenvalue weighted by Crippen LogP contribution is 2.20. The van der Waals surface area contributed by atoms with Gasteiger partial charge in [-0.2, -0.15) is 0 Å². The van der Waals surface area contributed by atoms with Gasteiger partial charge < -0.3 is 11.1 Å². The Kier molecular flexibility index (Phi) is 4.46. The number of thiophene rings is 1. The van der Waals surface area contributed by atoms with E-state index in [2.05, 4.69) is 22.4 Å². The molecule has 0 radical (unpaired) electrons. The first kappa shape index (κ1) is 13.2. The second-order valence-electron chi connectivity index (χ2n) is 3.90. The molecular weight excluding hydrogens is 266 g/mol. The number of aromatic nitrogens is 1. The molecule has 1 amide bonds. The third kappa shape index (κ3) is 3.63. The minimum Gasteiger partial charge on any atom is -0.326 e. The number of nitrogens with zero attached hydrogens (tertiary/aromatic N) is 1. The van der Waals surface area contributed by atoms with Crippen LogP contribution in [0.1, 0.15) is 22.4 Å². The van der Waals surface area contributed by atoms with E-state index in [9.17, 15) is 4.79 Å². The second-order valence-corrected chi connectivity index (χ2v) is 6.01. The van der Waals surface area contributed by atoms with Crippen LogP contribution in [0.15, 0.2) is 17.5 Å². The average molecular weight is 281 g/mol. The molecule has 0 atom stereocenters. The maximum atomic E-state index is 10.9. The van der Waals surface area contributed by atoms with E-state index in [-0.39, 0.29) is 5.91 Å². The molecule has 4 nitrogen and oxygen atoms in total. The van der Waals surface area contributed by atoms with Gasteiger partial charge in [-0.3, -0.25) is 4.79 Å². The number of hydrogen-bond donors (Lipinski definition) is 2. The molecule has 0 fully saturated rings. The summed E-state index contributed by atoms with van der Waals surface area (Å²) in [5.41, 5.74) is 6.60. The summed E-state index contributed by atoms with van der Waals surface area (Å²) in [6.07, 6.45) is 1.86. The molecule has 96 valence electrons. The van der Waals surface area contributed by atoms with Crippen molar-refractivity contribution in [3.63, 3.8) is 0 Å². The normalized spacial score (nSPS) is 10.6. The number of nitrogens with one attached hydrogen (secondary N) is 1. The van der Waals surface area contributed by atoms with Crippen LogP contribution in [0.5, 0.6) is 0 Å². The summed E-state index contributed by atoms with van der Waals surface area (Å²) in [6, 6.07) is 4.19. The summed E-state index contributed by atoms with van der Waals surface area (Å²) in [6.45, 7) is 2.09. The predicted molar refractivity (Wildman–Crippen MR) is 76.0 cm³/mol. The summed E-state index contributed by atoms with van der Waals surface area (Å²) in [5, 5.41) is 5.35. The zero-order chi connectivity index (χ0) is 13.0. The van der Waals surface area contributed by atoms with Crippen molar-refractivity contribution in [3.05, 3.63) is 33.0 Å². The molecule has 2 rings (SSSR count). The number of thiazole rings is 1. The molecule has 0 aliphatic carbocycles. The van der Waals surface area contributed by atoms with Crippen molar-refractivity contribution in [1.29, 1.82) is 0 Å². The Labute approximate surface area is 114 Å². The lowest BCUT2D eigenvalue weighted by Crippen LogP contribution is -2.05. The van der Waals surface area contributed by atoms with Crippen LogP contribution < -0.4 is 11.1 Å². The van der Waals surface area contributed by atoms with Crippen molar-refractivity contribution in [3.8, 4) is 0 Å². The number of carbonyl (C=O) groups is 1. The average Bonchev–Trinajstić information content (AvgIpc) is 2.94. The maximum absolute atomic E-state index is 10.9. The van der Waals surface area contributed by atoms with Crippen molar-refractivity contribution in [1.82, 2.24) is 4.98 Å². The van der Waals surface area contributed by atoms with E-state index in [4.69, 9.17) is 5.73 Å². The van der Waals surface area contributed by atoms with Crippen LogP contribution in [0.2, 0.25) is 0 Å². The van der Waals surface area contributed by atoms with E-state index in [0.29, 0.717) is 11.7 Å². The molecule has 0 aliphatic heterocycles. The lowest BCUT2D eigenvalue weighted by Gasteiger charge is -1.95. The fourth-order valence-corrected chi connectivity index (χ4v) is 3.23. The second kappa shape index (κ2) is 6.08. The van der Waals surface area contributed by atoms with Crippen LogP contribution in [0, 0.1) is 0 Å². The van der Waals surface area contributed by atoms with Crippen molar-refractivity contribution in [2.24, 2.45) is 5.73 Å². The van der Waals surface area contributed by atoms with Crippen molar-refractivity contribution < 1.29 is 4.79 Å². The van der Waals surface area contributed by atoms with Gasteiger partial charge in [-0.05, 0) is 25.0 Å². The Bertz CT molecular complexity index is 533. The Hall–Kier alpha value is -1.24. The van der Waals surface area contributed by atoms with Crippen LogP contribution in [0.4, 0.5) is 5.13 Å². The zero-order valence-electron chi connectivity index (χ0n) is 10.1. The molecule has 6 heteroatoms. The van der Waals surface area contributed by atoms with E-state index in [1.807, 2.05) is 5.38 Å². The first-order chi connectivity index (χ1) is 8.67. The molecule has 0 aromatic carbocycles. The highest BCUT2D eigenvalue weighted by molar-refractivity contribution is 7.14. The summed E-state index contributed by atoms with van der Waals surface area (Å²) >= 11 is 3.21. The molecule has 0 saturated carbocycles. The summed E-state index contributed by atoms with van der Waals surface area (Å²) < 4.78 is 0. The van der Waals surface area contributed by atoms with Crippen LogP contribution in [0.25, 0.3) is 0 Å². The van der Waals surface area contributed by atoms with E-state index < -0.39 is 0 Å². The number of anilines is 1. The topological polar surface area (TPSA) is 68.0 Å². The van der Waals surface area contributed by atoms with Gasteiger partial charge in [0.1, 0.15) is 0 Å². The lowest BCUT2D eigenvalue weighted by atomic mass is 10.2. The monoisotopic (exact) mass is 281 g/mol. The third-order valence-electron chi connectivity index (χ3n) is 2.38. The fourth-order valence-electron chi connectivity index (χ4n) is 1.55. The predicted octanol–water partition coefficient (Wildman–Crippen LogP) is 2.41. The Morgan fingerprint density at radius 1 is 1.39 bits per heavy atom. The Morgan fingerprint density at radius 2 is 2.17 bits per heavy atom. The van der Waals surface area contributed by atoms with Gasteiger partial charge in [0.25, 0.3) is 0 Å². The molecule has 2 aromatic rings. The highest BCUT2D eigenvalue weighted by Gasteiger charge is 2.05. The molecule has 0 aliphatic rings. The Balaban J connectivity index is 1.89. The maximum Gasteiger partial charge on any atom is 0.223 e. The van der Waals surface area contributed by atoms with E-state index in [1.54, 1.807) is 11.3 Å². The summed E-state index contributed by atoms with van der Waals surface area (Å²) in [4.78, 5) is 17.8. The molecule has 18 heavy (non-hydrogen) atoms. The smallest absolute Gasteiger partial charge is 0.223 e. The molecular formula is C12H15N3OS2. The first-order valence-electron chi connectivity index (χ1n) is 5.67. The van der Waals surface area contributed by atoms with Gasteiger partial charge in [-0.15, -0.1) is 22.7 Å². The molecule has 2 heterocycles. The number of nitrogens with two attached hydrogens (primary N) is 1. The summed E-state index contributed by atoms with van der Waals surface area (Å²) in [5.74, 6) is -0.0817. The largest absolute Gasteiger partial charge is 0.326 e. The van der Waals surface area contributed by atoms with Crippen molar-refractivity contribution in [2.45, 2.75) is 26.3 Å². The number of hydrogen-bond acceptors (Lipinski definition) is 5. The molecule has 0 saturated heterocycles. The van der Waals surface area contributed by atoms with E-state index in [0.717, 1.165) is 18.5 Å². The standard InChI is InChI=1S/C12H15N3OS2/c1-8(16)14-12-15-9(7-17-12)2-3-10-4-5-11(6-13)18-10/h4-5,7H,2-3,6,13H2,1H3,(H,14,15,16). The number of amides is 1. The van der Waals surface area contributed by atoms with Gasteiger partial charge in [0.05, 0.1) is 5.69 Å².